The fourth-order valence-corrected chi connectivity index (χ4v) is 3.41. The van der Waals surface area contributed by atoms with Crippen molar-refractivity contribution in [2.75, 3.05) is 13.1 Å². The SMILES string of the molecule is Cc1cc2occ(CC(=O)NCC3CCCN3)c2cc1C(C)C.Cl. The number of halogens is 1. The van der Waals surface area contributed by atoms with Crippen molar-refractivity contribution in [3.8, 4) is 0 Å². The zero-order valence-corrected chi connectivity index (χ0v) is 15.5. The molecule has 2 heterocycles. The van der Waals surface area contributed by atoms with Crippen LogP contribution in [-0.4, -0.2) is 25.0 Å². The Labute approximate surface area is 149 Å². The van der Waals surface area contributed by atoms with E-state index in [0.29, 0.717) is 24.9 Å². The van der Waals surface area contributed by atoms with Gasteiger partial charge in [-0.3, -0.25) is 4.79 Å². The van der Waals surface area contributed by atoms with Crippen LogP contribution in [0.5, 0.6) is 0 Å². The molecule has 1 aromatic carbocycles. The zero-order valence-electron chi connectivity index (χ0n) is 14.6. The molecule has 1 saturated heterocycles. The molecule has 4 nitrogen and oxygen atoms in total. The van der Waals surface area contributed by atoms with Crippen molar-refractivity contribution in [1.29, 1.82) is 0 Å². The second kappa shape index (κ2) is 8.04. The van der Waals surface area contributed by atoms with Crippen LogP contribution >= 0.6 is 12.4 Å². The highest BCUT2D eigenvalue weighted by Crippen LogP contribution is 2.29. The molecule has 0 aliphatic carbocycles. The normalized spacial score (nSPS) is 17.2. The quantitative estimate of drug-likeness (QED) is 0.864. The standard InChI is InChI=1S/C19H26N2O2.ClH/c1-12(2)16-9-17-14(11-23-18(17)7-13(16)3)8-19(22)21-10-15-5-4-6-20-15;/h7,9,11-12,15,20H,4-6,8,10H2,1-3H3,(H,21,22);1H. The molecule has 1 aliphatic heterocycles. The van der Waals surface area contributed by atoms with Crippen LogP contribution in [0.3, 0.4) is 0 Å². The van der Waals surface area contributed by atoms with Crippen molar-refractivity contribution in [1.82, 2.24) is 10.6 Å². The van der Waals surface area contributed by atoms with Gasteiger partial charge in [0.05, 0.1) is 12.7 Å². The minimum absolute atomic E-state index is 0. The third-order valence-corrected chi connectivity index (χ3v) is 4.72. The summed E-state index contributed by atoms with van der Waals surface area (Å²) < 4.78 is 5.65. The molecule has 0 bridgehead atoms. The molecule has 5 heteroatoms. The Morgan fingerprint density at radius 2 is 2.21 bits per heavy atom. The van der Waals surface area contributed by atoms with Crippen LogP contribution in [0, 0.1) is 6.92 Å². The van der Waals surface area contributed by atoms with Gasteiger partial charge in [0.25, 0.3) is 0 Å². The summed E-state index contributed by atoms with van der Waals surface area (Å²) in [5.41, 5.74) is 4.40. The van der Waals surface area contributed by atoms with E-state index in [1.54, 1.807) is 6.26 Å². The fourth-order valence-electron chi connectivity index (χ4n) is 3.41. The summed E-state index contributed by atoms with van der Waals surface area (Å²) in [4.78, 5) is 12.2. The molecule has 1 atom stereocenters. The minimum Gasteiger partial charge on any atom is -0.464 e. The summed E-state index contributed by atoms with van der Waals surface area (Å²) in [6.45, 7) is 8.26. The number of nitrogens with one attached hydrogen (secondary N) is 2. The van der Waals surface area contributed by atoms with Crippen LogP contribution in [0.4, 0.5) is 0 Å². The Balaban J connectivity index is 0.00000208. The van der Waals surface area contributed by atoms with Gasteiger partial charge in [-0.15, -0.1) is 12.4 Å². The van der Waals surface area contributed by atoms with Crippen LogP contribution in [0.2, 0.25) is 0 Å². The van der Waals surface area contributed by atoms with E-state index in [9.17, 15) is 4.79 Å². The second-order valence-electron chi connectivity index (χ2n) is 6.89. The van der Waals surface area contributed by atoms with Crippen molar-refractivity contribution in [3.63, 3.8) is 0 Å². The molecule has 1 aliphatic rings. The lowest BCUT2D eigenvalue weighted by atomic mass is 9.95. The van der Waals surface area contributed by atoms with E-state index in [2.05, 4.69) is 43.5 Å². The molecule has 0 spiro atoms. The van der Waals surface area contributed by atoms with Crippen molar-refractivity contribution in [2.45, 2.75) is 52.0 Å². The molecule has 0 saturated carbocycles. The van der Waals surface area contributed by atoms with E-state index < -0.39 is 0 Å². The number of hydrogen-bond donors (Lipinski definition) is 2. The molecule has 132 valence electrons. The molecule has 1 unspecified atom stereocenters. The van der Waals surface area contributed by atoms with Gasteiger partial charge in [0.15, 0.2) is 0 Å². The molecule has 0 radical (unpaired) electrons. The number of benzene rings is 1. The van der Waals surface area contributed by atoms with E-state index in [1.807, 2.05) is 0 Å². The first kappa shape index (κ1) is 18.8. The summed E-state index contributed by atoms with van der Waals surface area (Å²) in [5, 5.41) is 7.49. The predicted octanol–water partition coefficient (Wildman–Crippen LogP) is 3.70. The first-order valence-corrected chi connectivity index (χ1v) is 8.55. The van der Waals surface area contributed by atoms with Gasteiger partial charge in [0.1, 0.15) is 5.58 Å². The third kappa shape index (κ3) is 4.11. The number of carbonyl (C=O) groups is 1. The van der Waals surface area contributed by atoms with E-state index in [0.717, 1.165) is 29.5 Å². The van der Waals surface area contributed by atoms with E-state index in [-0.39, 0.29) is 18.3 Å². The average molecular weight is 351 g/mol. The summed E-state index contributed by atoms with van der Waals surface area (Å²) in [7, 11) is 0. The number of furan rings is 1. The molecule has 3 rings (SSSR count). The summed E-state index contributed by atoms with van der Waals surface area (Å²) in [5.74, 6) is 0.525. The van der Waals surface area contributed by atoms with Crippen LogP contribution < -0.4 is 10.6 Å². The van der Waals surface area contributed by atoms with Crippen molar-refractivity contribution >= 4 is 29.3 Å². The van der Waals surface area contributed by atoms with Crippen molar-refractivity contribution in [3.05, 3.63) is 35.1 Å². The van der Waals surface area contributed by atoms with Crippen LogP contribution in [0.25, 0.3) is 11.0 Å². The number of rotatable bonds is 5. The molecule has 24 heavy (non-hydrogen) atoms. The maximum absolute atomic E-state index is 12.2. The Morgan fingerprint density at radius 1 is 1.42 bits per heavy atom. The molecule has 1 aromatic heterocycles. The lowest BCUT2D eigenvalue weighted by molar-refractivity contribution is -0.120. The smallest absolute Gasteiger partial charge is 0.224 e. The number of fused-ring (bicyclic) bond motifs is 1. The van der Waals surface area contributed by atoms with Gasteiger partial charge in [-0.05, 0) is 55.5 Å². The van der Waals surface area contributed by atoms with E-state index in [1.165, 1.54) is 17.5 Å². The largest absolute Gasteiger partial charge is 0.464 e. The maximum Gasteiger partial charge on any atom is 0.224 e. The summed E-state index contributed by atoms with van der Waals surface area (Å²) in [6, 6.07) is 4.68. The number of carbonyl (C=O) groups excluding carboxylic acids is 1. The van der Waals surface area contributed by atoms with Crippen molar-refractivity contribution in [2.24, 2.45) is 0 Å². The van der Waals surface area contributed by atoms with Gasteiger partial charge in [0, 0.05) is 23.5 Å². The molecular weight excluding hydrogens is 324 g/mol. The summed E-state index contributed by atoms with van der Waals surface area (Å²) >= 11 is 0. The Kier molecular flexibility index (Phi) is 6.30. The highest BCUT2D eigenvalue weighted by molar-refractivity contribution is 5.88. The predicted molar refractivity (Wildman–Crippen MR) is 100 cm³/mol. The number of amides is 1. The van der Waals surface area contributed by atoms with Crippen LogP contribution in [0.1, 0.15) is 49.3 Å². The van der Waals surface area contributed by atoms with Crippen LogP contribution in [-0.2, 0) is 11.2 Å². The highest BCUT2D eigenvalue weighted by Gasteiger charge is 2.17. The van der Waals surface area contributed by atoms with Gasteiger partial charge >= 0.3 is 0 Å². The van der Waals surface area contributed by atoms with Gasteiger partial charge < -0.3 is 15.1 Å². The van der Waals surface area contributed by atoms with E-state index >= 15 is 0 Å². The first-order chi connectivity index (χ1) is 11.0. The highest BCUT2D eigenvalue weighted by atomic mass is 35.5. The molecule has 2 N–H and O–H groups in total. The topological polar surface area (TPSA) is 54.3 Å². The summed E-state index contributed by atoms with van der Waals surface area (Å²) in [6.07, 6.45) is 4.44. The third-order valence-electron chi connectivity index (χ3n) is 4.72. The lowest BCUT2D eigenvalue weighted by Gasteiger charge is -2.12. The monoisotopic (exact) mass is 350 g/mol. The van der Waals surface area contributed by atoms with Gasteiger partial charge in [-0.2, -0.15) is 0 Å². The van der Waals surface area contributed by atoms with Crippen LogP contribution in [0.15, 0.2) is 22.8 Å². The van der Waals surface area contributed by atoms with Gasteiger partial charge in [0.2, 0.25) is 5.91 Å². The molecule has 1 fully saturated rings. The molecule has 1 amide bonds. The maximum atomic E-state index is 12.2. The second-order valence-corrected chi connectivity index (χ2v) is 6.89. The molecular formula is C19H27ClN2O2. The number of hydrogen-bond acceptors (Lipinski definition) is 3. The minimum atomic E-state index is 0. The Morgan fingerprint density at radius 3 is 2.88 bits per heavy atom. The Bertz CT molecular complexity index is 703. The van der Waals surface area contributed by atoms with Crippen molar-refractivity contribution < 1.29 is 9.21 Å². The molecule has 2 aromatic rings. The average Bonchev–Trinajstić information content (AvgIpc) is 3.14. The lowest BCUT2D eigenvalue weighted by Crippen LogP contribution is -2.37. The number of aryl methyl sites for hydroxylation is 1. The first-order valence-electron chi connectivity index (χ1n) is 8.55. The van der Waals surface area contributed by atoms with Gasteiger partial charge in [-0.1, -0.05) is 13.8 Å². The van der Waals surface area contributed by atoms with Gasteiger partial charge in [-0.25, -0.2) is 0 Å². The van der Waals surface area contributed by atoms with E-state index in [4.69, 9.17) is 4.42 Å². The fraction of sp³-hybridized carbons (Fsp3) is 0.526. The zero-order chi connectivity index (χ0) is 16.4. The Hall–Kier alpha value is -1.52.